The molecular weight excluding hydrogens is 400 g/mol. The quantitative estimate of drug-likeness (QED) is 0.733. The highest BCUT2D eigenvalue weighted by Crippen LogP contribution is 2.55. The van der Waals surface area contributed by atoms with Crippen LogP contribution in [0.4, 0.5) is 0 Å². The highest BCUT2D eigenvalue weighted by molar-refractivity contribution is 6.22. The fourth-order valence-corrected chi connectivity index (χ4v) is 7.24. The average Bonchev–Trinajstić information content (AvgIpc) is 3.02. The molecule has 3 amide bonds. The maximum Gasteiger partial charge on any atom is 0.262 e. The Bertz CT molecular complexity index is 1020. The highest BCUT2D eigenvalue weighted by Gasteiger charge is 2.53. The van der Waals surface area contributed by atoms with Crippen LogP contribution < -0.4 is 5.32 Å². The molecule has 4 saturated carbocycles. The van der Waals surface area contributed by atoms with Crippen molar-refractivity contribution in [3.63, 3.8) is 0 Å². The van der Waals surface area contributed by atoms with E-state index < -0.39 is 6.04 Å². The van der Waals surface area contributed by atoms with E-state index in [1.54, 1.807) is 24.3 Å². The molecule has 0 spiro atoms. The Morgan fingerprint density at radius 3 is 1.88 bits per heavy atom. The zero-order valence-electron chi connectivity index (χ0n) is 18.1. The Balaban J connectivity index is 1.32. The fraction of sp³-hybridized carbons (Fsp3) is 0.444. The molecule has 0 radical (unpaired) electrons. The molecule has 5 heteroatoms. The van der Waals surface area contributed by atoms with Crippen molar-refractivity contribution in [3.05, 3.63) is 71.3 Å². The minimum atomic E-state index is -0.849. The summed E-state index contributed by atoms with van der Waals surface area (Å²) in [6.07, 6.45) is 7.30. The summed E-state index contributed by atoms with van der Waals surface area (Å²) in [5.41, 5.74) is 1.55. The molecule has 1 heterocycles. The van der Waals surface area contributed by atoms with Crippen molar-refractivity contribution in [2.24, 2.45) is 17.8 Å². The van der Waals surface area contributed by atoms with Gasteiger partial charge in [0.2, 0.25) is 5.91 Å². The van der Waals surface area contributed by atoms with E-state index in [2.05, 4.69) is 5.32 Å². The van der Waals surface area contributed by atoms with Gasteiger partial charge in [0.1, 0.15) is 6.04 Å². The maximum atomic E-state index is 13.8. The summed E-state index contributed by atoms with van der Waals surface area (Å²) in [5.74, 6) is 1.18. The van der Waals surface area contributed by atoms with Crippen LogP contribution in [0.25, 0.3) is 0 Å². The number of nitrogens with one attached hydrogen (secondary N) is 1. The molecule has 1 atom stereocenters. The Hall–Kier alpha value is -2.95. The first-order valence-corrected chi connectivity index (χ1v) is 11.8. The summed E-state index contributed by atoms with van der Waals surface area (Å²) in [6, 6.07) is 15.7. The number of carbonyl (C=O) groups excluding carboxylic acids is 3. The van der Waals surface area contributed by atoms with Crippen molar-refractivity contribution in [3.8, 4) is 0 Å². The zero-order valence-corrected chi connectivity index (χ0v) is 18.1. The molecule has 0 saturated heterocycles. The number of hydrogen-bond donors (Lipinski definition) is 1. The summed E-state index contributed by atoms with van der Waals surface area (Å²) in [6.45, 7) is 0. The van der Waals surface area contributed by atoms with Gasteiger partial charge >= 0.3 is 0 Å². The molecule has 5 aliphatic rings. The molecule has 4 fully saturated rings. The molecule has 4 bridgehead atoms. The van der Waals surface area contributed by atoms with Crippen LogP contribution in [-0.2, 0) is 11.2 Å². The van der Waals surface area contributed by atoms with E-state index in [0.29, 0.717) is 35.3 Å². The van der Waals surface area contributed by atoms with Crippen LogP contribution >= 0.6 is 0 Å². The van der Waals surface area contributed by atoms with Crippen molar-refractivity contribution in [2.75, 3.05) is 0 Å². The van der Waals surface area contributed by atoms with E-state index in [-0.39, 0.29) is 23.3 Å². The summed E-state index contributed by atoms with van der Waals surface area (Å²) >= 11 is 0. The number of fused-ring (bicyclic) bond motifs is 1. The molecule has 164 valence electrons. The first-order chi connectivity index (χ1) is 15.5. The summed E-state index contributed by atoms with van der Waals surface area (Å²) < 4.78 is 0. The normalized spacial score (nSPS) is 31.0. The third-order valence-electron chi connectivity index (χ3n) is 8.14. The molecule has 1 N–H and O–H groups in total. The van der Waals surface area contributed by atoms with Crippen molar-refractivity contribution in [2.45, 2.75) is 56.5 Å². The number of imide groups is 1. The van der Waals surface area contributed by atoms with Crippen molar-refractivity contribution >= 4 is 17.7 Å². The number of benzene rings is 2. The second kappa shape index (κ2) is 7.29. The van der Waals surface area contributed by atoms with E-state index in [0.717, 1.165) is 24.8 Å². The standard InChI is InChI=1S/C27H28N2O3/c30-24(28-27-14-18-10-19(15-27)12-20(11-18)16-27)23(13-17-6-2-1-3-7-17)29-25(31)21-8-4-5-9-22(21)26(29)32/h1-9,18-20,23H,10-16H2,(H,28,30). The van der Waals surface area contributed by atoms with Gasteiger partial charge in [0.25, 0.3) is 11.8 Å². The first-order valence-electron chi connectivity index (χ1n) is 11.8. The van der Waals surface area contributed by atoms with Gasteiger partial charge in [-0.05, 0) is 74.0 Å². The van der Waals surface area contributed by atoms with Crippen LogP contribution in [0, 0.1) is 17.8 Å². The van der Waals surface area contributed by atoms with Crippen LogP contribution in [0.1, 0.15) is 64.8 Å². The van der Waals surface area contributed by atoms with Crippen LogP contribution in [0.2, 0.25) is 0 Å². The summed E-state index contributed by atoms with van der Waals surface area (Å²) in [5, 5.41) is 3.40. The summed E-state index contributed by atoms with van der Waals surface area (Å²) in [4.78, 5) is 41.5. The lowest BCUT2D eigenvalue weighted by Gasteiger charge is -2.57. The molecule has 2 aromatic carbocycles. The monoisotopic (exact) mass is 428 g/mol. The first kappa shape index (κ1) is 19.7. The lowest BCUT2D eigenvalue weighted by atomic mass is 9.53. The molecule has 7 rings (SSSR count). The second-order valence-corrected chi connectivity index (χ2v) is 10.4. The largest absolute Gasteiger partial charge is 0.349 e. The lowest BCUT2D eigenvalue weighted by molar-refractivity contribution is -0.130. The minimum absolute atomic E-state index is 0.167. The minimum Gasteiger partial charge on any atom is -0.349 e. The Morgan fingerprint density at radius 2 is 1.34 bits per heavy atom. The van der Waals surface area contributed by atoms with Crippen LogP contribution in [0.15, 0.2) is 54.6 Å². The zero-order chi connectivity index (χ0) is 21.9. The van der Waals surface area contributed by atoms with Gasteiger partial charge in [0.15, 0.2) is 0 Å². The van der Waals surface area contributed by atoms with E-state index in [1.807, 2.05) is 30.3 Å². The third kappa shape index (κ3) is 3.17. The van der Waals surface area contributed by atoms with Crippen molar-refractivity contribution < 1.29 is 14.4 Å². The van der Waals surface area contributed by atoms with Gasteiger partial charge in [0.05, 0.1) is 11.1 Å². The SMILES string of the molecule is O=C(NC12CC3CC(CC(C3)C1)C2)C(Cc1ccccc1)N1C(=O)c2ccccc2C1=O. The predicted octanol–water partition coefficient (Wildman–Crippen LogP) is 3.98. The Morgan fingerprint density at radius 1 is 0.844 bits per heavy atom. The lowest BCUT2D eigenvalue weighted by Crippen LogP contribution is -2.63. The molecule has 5 nitrogen and oxygen atoms in total. The van der Waals surface area contributed by atoms with Crippen LogP contribution in [0.3, 0.4) is 0 Å². The molecule has 2 aromatic rings. The van der Waals surface area contributed by atoms with Gasteiger partial charge in [-0.1, -0.05) is 42.5 Å². The van der Waals surface area contributed by atoms with E-state index in [1.165, 1.54) is 24.2 Å². The Labute approximate surface area is 188 Å². The van der Waals surface area contributed by atoms with Gasteiger partial charge in [-0.2, -0.15) is 0 Å². The van der Waals surface area contributed by atoms with Crippen molar-refractivity contribution in [1.82, 2.24) is 10.2 Å². The van der Waals surface area contributed by atoms with E-state index in [4.69, 9.17) is 0 Å². The number of hydrogen-bond acceptors (Lipinski definition) is 3. The van der Waals surface area contributed by atoms with Crippen LogP contribution in [-0.4, -0.2) is 34.2 Å². The van der Waals surface area contributed by atoms with Gasteiger partial charge in [-0.15, -0.1) is 0 Å². The topological polar surface area (TPSA) is 66.5 Å². The number of nitrogens with zero attached hydrogens (tertiary/aromatic N) is 1. The van der Waals surface area contributed by atoms with Gasteiger partial charge in [0, 0.05) is 12.0 Å². The highest BCUT2D eigenvalue weighted by atomic mass is 16.2. The van der Waals surface area contributed by atoms with Gasteiger partial charge in [-0.25, -0.2) is 0 Å². The molecule has 1 unspecified atom stereocenters. The molecule has 0 aromatic heterocycles. The van der Waals surface area contributed by atoms with E-state index >= 15 is 0 Å². The fourth-order valence-electron chi connectivity index (χ4n) is 7.24. The smallest absolute Gasteiger partial charge is 0.262 e. The Kier molecular flexibility index (Phi) is 4.49. The summed E-state index contributed by atoms with van der Waals surface area (Å²) in [7, 11) is 0. The molecule has 1 aliphatic heterocycles. The predicted molar refractivity (Wildman–Crippen MR) is 120 cm³/mol. The van der Waals surface area contributed by atoms with Crippen LogP contribution in [0.5, 0.6) is 0 Å². The second-order valence-electron chi connectivity index (χ2n) is 10.4. The number of carbonyl (C=O) groups is 3. The maximum absolute atomic E-state index is 13.8. The number of rotatable bonds is 5. The van der Waals surface area contributed by atoms with Gasteiger partial charge in [-0.3, -0.25) is 19.3 Å². The average molecular weight is 429 g/mol. The van der Waals surface area contributed by atoms with Crippen molar-refractivity contribution in [1.29, 1.82) is 0 Å². The van der Waals surface area contributed by atoms with E-state index in [9.17, 15) is 14.4 Å². The third-order valence-corrected chi connectivity index (χ3v) is 8.14. The molecule has 4 aliphatic carbocycles. The molecule has 32 heavy (non-hydrogen) atoms. The number of amides is 3. The molecular formula is C27H28N2O3. The van der Waals surface area contributed by atoms with Gasteiger partial charge < -0.3 is 5.32 Å².